The molecule has 0 bridgehead atoms. The van der Waals surface area contributed by atoms with E-state index in [2.05, 4.69) is 63.2 Å². The van der Waals surface area contributed by atoms with Gasteiger partial charge in [-0.1, -0.05) is 30.3 Å². The number of rotatable bonds is 4. The van der Waals surface area contributed by atoms with Crippen LogP contribution in [-0.2, 0) is 17.8 Å². The maximum absolute atomic E-state index is 13.2. The van der Waals surface area contributed by atoms with Crippen LogP contribution in [0, 0.1) is 11.3 Å². The summed E-state index contributed by atoms with van der Waals surface area (Å²) in [5, 5.41) is 0. The van der Waals surface area contributed by atoms with Crippen molar-refractivity contribution in [1.29, 1.82) is 0 Å². The van der Waals surface area contributed by atoms with E-state index in [1.54, 1.807) is 0 Å². The normalized spacial score (nSPS) is 24.3. The molecule has 0 unspecified atom stereocenters. The molecular weight excluding hydrogens is 398 g/mol. The first-order valence-corrected chi connectivity index (χ1v) is 12.3. The lowest BCUT2D eigenvalue weighted by Crippen LogP contribution is -2.50. The minimum atomic E-state index is 0.269. The van der Waals surface area contributed by atoms with E-state index < -0.39 is 0 Å². The summed E-state index contributed by atoms with van der Waals surface area (Å²) in [7, 11) is 0. The van der Waals surface area contributed by atoms with E-state index in [4.69, 9.17) is 4.74 Å². The Balaban J connectivity index is 0.995. The first-order chi connectivity index (χ1) is 15.7. The number of carbonyl (C=O) groups excluding carboxylic acids is 1. The molecule has 1 atom stereocenters. The number of hydrogen-bond acceptors (Lipinski definition) is 4. The second-order valence-corrected chi connectivity index (χ2v) is 10.1. The molecule has 3 heterocycles. The number of hydrogen-bond donors (Lipinski definition) is 0. The summed E-state index contributed by atoms with van der Waals surface area (Å²) in [5.74, 6) is 1.75. The molecule has 3 aliphatic heterocycles. The molecule has 1 saturated carbocycles. The van der Waals surface area contributed by atoms with Gasteiger partial charge in [0.1, 0.15) is 5.75 Å². The fourth-order valence-electron chi connectivity index (χ4n) is 6.05. The fraction of sp³-hybridized carbons (Fsp3) is 0.519. The third kappa shape index (κ3) is 3.77. The van der Waals surface area contributed by atoms with Gasteiger partial charge in [-0.3, -0.25) is 9.69 Å². The van der Waals surface area contributed by atoms with E-state index in [0.29, 0.717) is 5.91 Å². The van der Waals surface area contributed by atoms with Crippen LogP contribution in [0.4, 0.5) is 5.69 Å². The lowest BCUT2D eigenvalue weighted by molar-refractivity contribution is -0.134. The molecule has 5 nitrogen and oxygen atoms in total. The van der Waals surface area contributed by atoms with Crippen molar-refractivity contribution in [2.75, 3.05) is 50.8 Å². The van der Waals surface area contributed by atoms with Crippen molar-refractivity contribution in [3.63, 3.8) is 0 Å². The summed E-state index contributed by atoms with van der Waals surface area (Å²) in [6.07, 6.45) is 4.48. The summed E-state index contributed by atoms with van der Waals surface area (Å²) >= 11 is 0. The summed E-state index contributed by atoms with van der Waals surface area (Å²) in [6, 6.07) is 17.2. The van der Waals surface area contributed by atoms with Crippen LogP contribution in [0.25, 0.3) is 0 Å². The SMILES string of the molecule is O=C([C@H]1CC12CCN(Cc1ccc3c(c1)CCO3)CC2)N1CCN(c2ccccc2)CC1. The van der Waals surface area contributed by atoms with Crippen LogP contribution in [0.2, 0.25) is 0 Å². The third-order valence-corrected chi connectivity index (χ3v) is 8.21. The minimum Gasteiger partial charge on any atom is -0.493 e. The van der Waals surface area contributed by atoms with Crippen molar-refractivity contribution in [2.45, 2.75) is 32.2 Å². The smallest absolute Gasteiger partial charge is 0.226 e. The van der Waals surface area contributed by atoms with E-state index in [1.807, 2.05) is 0 Å². The standard InChI is InChI=1S/C27H33N3O2/c31-26(30-15-13-29(14-16-30)23-4-2-1-3-5-23)24-19-27(24)9-11-28(12-10-27)20-21-6-7-25-22(18-21)8-17-32-25/h1-7,18,24H,8-17,19-20H2/t24-/m1/s1. The third-order valence-electron chi connectivity index (χ3n) is 8.21. The molecule has 2 aromatic rings. The van der Waals surface area contributed by atoms with E-state index in [-0.39, 0.29) is 11.3 Å². The van der Waals surface area contributed by atoms with Crippen LogP contribution in [-0.4, -0.2) is 61.6 Å². The number of para-hydroxylation sites is 1. The van der Waals surface area contributed by atoms with Crippen molar-refractivity contribution >= 4 is 11.6 Å². The predicted molar refractivity (Wildman–Crippen MR) is 126 cm³/mol. The Morgan fingerprint density at radius 3 is 2.53 bits per heavy atom. The van der Waals surface area contributed by atoms with Gasteiger partial charge in [-0.2, -0.15) is 0 Å². The molecule has 1 amide bonds. The highest BCUT2D eigenvalue weighted by atomic mass is 16.5. The van der Waals surface area contributed by atoms with Crippen LogP contribution in [0.5, 0.6) is 5.75 Å². The van der Waals surface area contributed by atoms with Crippen molar-refractivity contribution in [3.8, 4) is 5.75 Å². The molecule has 1 aliphatic carbocycles. The van der Waals surface area contributed by atoms with Crippen molar-refractivity contribution < 1.29 is 9.53 Å². The molecule has 1 spiro atoms. The molecule has 168 valence electrons. The highest BCUT2D eigenvalue weighted by molar-refractivity contribution is 5.83. The summed E-state index contributed by atoms with van der Waals surface area (Å²) < 4.78 is 5.64. The molecule has 3 fully saturated rings. The van der Waals surface area contributed by atoms with Gasteiger partial charge in [-0.05, 0) is 67.1 Å². The first-order valence-electron chi connectivity index (χ1n) is 12.3. The van der Waals surface area contributed by atoms with Gasteiger partial charge >= 0.3 is 0 Å². The van der Waals surface area contributed by atoms with Gasteiger partial charge in [0.15, 0.2) is 0 Å². The van der Waals surface area contributed by atoms with Gasteiger partial charge in [0.05, 0.1) is 6.61 Å². The van der Waals surface area contributed by atoms with Crippen molar-refractivity contribution in [2.24, 2.45) is 11.3 Å². The Morgan fingerprint density at radius 1 is 0.969 bits per heavy atom. The number of anilines is 1. The monoisotopic (exact) mass is 431 g/mol. The van der Waals surface area contributed by atoms with Crippen LogP contribution < -0.4 is 9.64 Å². The maximum atomic E-state index is 13.2. The largest absolute Gasteiger partial charge is 0.493 e. The zero-order valence-corrected chi connectivity index (χ0v) is 18.8. The van der Waals surface area contributed by atoms with Gasteiger partial charge in [-0.25, -0.2) is 0 Å². The van der Waals surface area contributed by atoms with E-state index in [9.17, 15) is 4.79 Å². The van der Waals surface area contributed by atoms with Crippen LogP contribution in [0.3, 0.4) is 0 Å². The number of fused-ring (bicyclic) bond motifs is 1. The number of amides is 1. The number of piperidine rings is 1. The number of piperazine rings is 1. The van der Waals surface area contributed by atoms with Gasteiger partial charge in [0, 0.05) is 50.7 Å². The van der Waals surface area contributed by atoms with Gasteiger partial charge in [0.2, 0.25) is 5.91 Å². The summed E-state index contributed by atoms with van der Waals surface area (Å²) in [6.45, 7) is 7.65. The van der Waals surface area contributed by atoms with Gasteiger partial charge in [-0.15, -0.1) is 0 Å². The highest BCUT2D eigenvalue weighted by Crippen LogP contribution is 2.60. The average molecular weight is 432 g/mol. The second kappa shape index (κ2) is 8.11. The molecule has 5 heteroatoms. The lowest BCUT2D eigenvalue weighted by atomic mass is 9.90. The molecule has 4 aliphatic rings. The van der Waals surface area contributed by atoms with Gasteiger partial charge in [0.25, 0.3) is 0 Å². The number of carbonyl (C=O) groups is 1. The fourth-order valence-corrected chi connectivity index (χ4v) is 6.05. The van der Waals surface area contributed by atoms with Gasteiger partial charge < -0.3 is 14.5 Å². The molecule has 2 aromatic carbocycles. The molecule has 6 rings (SSSR count). The Kier molecular flexibility index (Phi) is 5.09. The summed E-state index contributed by atoms with van der Waals surface area (Å²) in [5.41, 5.74) is 4.31. The number of ether oxygens (including phenoxy) is 1. The lowest BCUT2D eigenvalue weighted by Gasteiger charge is -2.37. The van der Waals surface area contributed by atoms with Crippen LogP contribution in [0.15, 0.2) is 48.5 Å². The van der Waals surface area contributed by atoms with E-state index >= 15 is 0 Å². The Hall–Kier alpha value is -2.53. The molecular formula is C27H33N3O2. The van der Waals surface area contributed by atoms with Crippen molar-refractivity contribution in [1.82, 2.24) is 9.80 Å². The van der Waals surface area contributed by atoms with Crippen LogP contribution >= 0.6 is 0 Å². The zero-order valence-electron chi connectivity index (χ0n) is 18.8. The average Bonchev–Trinajstić information content (AvgIpc) is 3.33. The predicted octanol–water partition coefficient (Wildman–Crippen LogP) is 3.57. The highest BCUT2D eigenvalue weighted by Gasteiger charge is 2.59. The Labute approximate surface area is 190 Å². The zero-order chi connectivity index (χ0) is 21.5. The summed E-state index contributed by atoms with van der Waals surface area (Å²) in [4.78, 5) is 20.3. The molecule has 2 saturated heterocycles. The molecule has 0 N–H and O–H groups in total. The van der Waals surface area contributed by atoms with Crippen molar-refractivity contribution in [3.05, 3.63) is 59.7 Å². The first kappa shape index (κ1) is 20.1. The number of nitrogens with zero attached hydrogens (tertiary/aromatic N) is 3. The Bertz CT molecular complexity index is 976. The molecule has 32 heavy (non-hydrogen) atoms. The second-order valence-electron chi connectivity index (χ2n) is 10.1. The number of benzene rings is 2. The molecule has 0 aromatic heterocycles. The van der Waals surface area contributed by atoms with Crippen LogP contribution in [0.1, 0.15) is 30.4 Å². The van der Waals surface area contributed by atoms with E-state index in [1.165, 1.54) is 29.7 Å². The molecule has 0 radical (unpaired) electrons. The Morgan fingerprint density at radius 2 is 1.75 bits per heavy atom. The number of likely N-dealkylation sites (tertiary alicyclic amines) is 1. The minimum absolute atomic E-state index is 0.269. The quantitative estimate of drug-likeness (QED) is 0.742. The topological polar surface area (TPSA) is 36.0 Å². The van der Waals surface area contributed by atoms with E-state index in [0.717, 1.165) is 71.0 Å². The maximum Gasteiger partial charge on any atom is 0.226 e.